The van der Waals surface area contributed by atoms with E-state index >= 15 is 0 Å². The van der Waals surface area contributed by atoms with Crippen molar-refractivity contribution in [2.45, 2.75) is 33.4 Å². The van der Waals surface area contributed by atoms with E-state index in [0.717, 1.165) is 22.2 Å². The van der Waals surface area contributed by atoms with Crippen molar-refractivity contribution in [2.75, 3.05) is 0 Å². The first-order chi connectivity index (χ1) is 12.0. The molecule has 2 aromatic carbocycles. The molecule has 0 aliphatic heterocycles. The van der Waals surface area contributed by atoms with Crippen LogP contribution in [-0.2, 0) is 11.3 Å². The van der Waals surface area contributed by atoms with Crippen LogP contribution in [0.15, 0.2) is 53.3 Å². The molecule has 0 saturated heterocycles. The minimum atomic E-state index is -0.250. The van der Waals surface area contributed by atoms with Gasteiger partial charge in [-0.3, -0.25) is 9.59 Å². The van der Waals surface area contributed by atoms with E-state index in [2.05, 4.69) is 10.4 Å². The first-order valence-electron chi connectivity index (χ1n) is 8.28. The molecule has 0 radical (unpaired) electrons. The maximum atomic E-state index is 12.5. The van der Waals surface area contributed by atoms with Crippen LogP contribution >= 0.6 is 0 Å². The Kier molecular flexibility index (Phi) is 4.65. The molecule has 1 aromatic heterocycles. The number of nitrogens with zero attached hydrogens (tertiary/aromatic N) is 2. The minimum Gasteiger partial charge on any atom is -0.348 e. The first-order valence-corrected chi connectivity index (χ1v) is 8.28. The highest BCUT2D eigenvalue weighted by molar-refractivity contribution is 5.83. The summed E-state index contributed by atoms with van der Waals surface area (Å²) in [6.07, 6.45) is 0. The van der Waals surface area contributed by atoms with Crippen LogP contribution in [0.4, 0.5) is 0 Å². The van der Waals surface area contributed by atoms with Crippen LogP contribution in [0, 0.1) is 13.8 Å². The molecule has 0 spiro atoms. The Morgan fingerprint density at radius 2 is 1.72 bits per heavy atom. The lowest BCUT2D eigenvalue weighted by Gasteiger charge is -2.17. The largest absolute Gasteiger partial charge is 0.348 e. The molecule has 128 valence electrons. The van der Waals surface area contributed by atoms with E-state index < -0.39 is 0 Å². The highest BCUT2D eigenvalue weighted by Gasteiger charge is 2.14. The van der Waals surface area contributed by atoms with Crippen LogP contribution in [0.1, 0.15) is 29.8 Å². The SMILES string of the molecule is Cc1ccccc1[C@@H](C)NC(=O)Cn1nc(C)c2ccccc2c1=O. The lowest BCUT2D eigenvalue weighted by atomic mass is 10.0. The van der Waals surface area contributed by atoms with E-state index in [1.807, 2.05) is 63.2 Å². The highest BCUT2D eigenvalue weighted by Crippen LogP contribution is 2.16. The van der Waals surface area contributed by atoms with Gasteiger partial charge in [-0.25, -0.2) is 4.68 Å². The van der Waals surface area contributed by atoms with Gasteiger partial charge in [0.15, 0.2) is 0 Å². The van der Waals surface area contributed by atoms with Gasteiger partial charge in [0.25, 0.3) is 5.56 Å². The van der Waals surface area contributed by atoms with Gasteiger partial charge in [-0.1, -0.05) is 42.5 Å². The van der Waals surface area contributed by atoms with Crippen LogP contribution in [0.25, 0.3) is 10.8 Å². The highest BCUT2D eigenvalue weighted by atomic mass is 16.2. The van der Waals surface area contributed by atoms with E-state index in [4.69, 9.17) is 0 Å². The zero-order chi connectivity index (χ0) is 18.0. The predicted octanol–water partition coefficient (Wildman–Crippen LogP) is 2.89. The number of aryl methyl sites for hydroxylation is 2. The molecule has 5 nitrogen and oxygen atoms in total. The molecule has 3 rings (SSSR count). The number of hydrogen-bond acceptors (Lipinski definition) is 3. The van der Waals surface area contributed by atoms with Crippen LogP contribution in [0.3, 0.4) is 0 Å². The van der Waals surface area contributed by atoms with Gasteiger partial charge in [-0.15, -0.1) is 0 Å². The molecule has 0 aliphatic carbocycles. The van der Waals surface area contributed by atoms with Gasteiger partial charge in [0, 0.05) is 5.39 Å². The second-order valence-electron chi connectivity index (χ2n) is 6.24. The zero-order valence-corrected chi connectivity index (χ0v) is 14.6. The fourth-order valence-electron chi connectivity index (χ4n) is 3.09. The molecule has 5 heteroatoms. The van der Waals surface area contributed by atoms with Crippen molar-refractivity contribution in [3.63, 3.8) is 0 Å². The quantitative estimate of drug-likeness (QED) is 0.797. The molecule has 1 heterocycles. The van der Waals surface area contributed by atoms with E-state index in [1.54, 1.807) is 6.07 Å². The number of nitrogens with one attached hydrogen (secondary N) is 1. The summed E-state index contributed by atoms with van der Waals surface area (Å²) in [5.41, 5.74) is 2.66. The molecule has 0 saturated carbocycles. The van der Waals surface area contributed by atoms with Crippen molar-refractivity contribution in [1.29, 1.82) is 0 Å². The van der Waals surface area contributed by atoms with Gasteiger partial charge in [-0.2, -0.15) is 5.10 Å². The van der Waals surface area contributed by atoms with Gasteiger partial charge in [0.05, 0.1) is 17.1 Å². The molecule has 0 fully saturated rings. The number of carbonyl (C=O) groups is 1. The number of hydrogen-bond donors (Lipinski definition) is 1. The van der Waals surface area contributed by atoms with Gasteiger partial charge < -0.3 is 5.32 Å². The molecule has 0 unspecified atom stereocenters. The van der Waals surface area contributed by atoms with Gasteiger partial charge in [0.2, 0.25) is 5.91 Å². The van der Waals surface area contributed by atoms with Crippen molar-refractivity contribution in [1.82, 2.24) is 15.1 Å². The monoisotopic (exact) mass is 335 g/mol. The first kappa shape index (κ1) is 16.9. The minimum absolute atomic E-state index is 0.0965. The number of rotatable bonds is 4. The number of carbonyl (C=O) groups excluding carboxylic acids is 1. The van der Waals surface area contributed by atoms with Crippen LogP contribution in [0.2, 0.25) is 0 Å². The lowest BCUT2D eigenvalue weighted by Crippen LogP contribution is -2.35. The van der Waals surface area contributed by atoms with Crippen LogP contribution < -0.4 is 10.9 Å². The summed E-state index contributed by atoms with van der Waals surface area (Å²) in [4.78, 5) is 24.9. The van der Waals surface area contributed by atoms with Crippen molar-refractivity contribution in [3.8, 4) is 0 Å². The number of aromatic nitrogens is 2. The molecule has 1 atom stereocenters. The van der Waals surface area contributed by atoms with Gasteiger partial charge >= 0.3 is 0 Å². The maximum absolute atomic E-state index is 12.5. The Morgan fingerprint density at radius 1 is 1.08 bits per heavy atom. The van der Waals surface area contributed by atoms with Crippen molar-refractivity contribution in [2.24, 2.45) is 0 Å². The summed E-state index contributed by atoms with van der Waals surface area (Å²) in [7, 11) is 0. The summed E-state index contributed by atoms with van der Waals surface area (Å²) in [5.74, 6) is -0.236. The average Bonchev–Trinajstić information content (AvgIpc) is 2.59. The van der Waals surface area contributed by atoms with Gasteiger partial charge in [0.1, 0.15) is 6.54 Å². The average molecular weight is 335 g/mol. The fourth-order valence-corrected chi connectivity index (χ4v) is 3.09. The van der Waals surface area contributed by atoms with Gasteiger partial charge in [-0.05, 0) is 38.0 Å². The zero-order valence-electron chi connectivity index (χ0n) is 14.6. The standard InChI is InChI=1S/C20H21N3O2/c1-13-8-4-5-9-16(13)14(2)21-19(24)12-23-20(25)18-11-7-6-10-17(18)15(3)22-23/h4-11,14H,12H2,1-3H3,(H,21,24)/t14-/m1/s1. The predicted molar refractivity (Wildman–Crippen MR) is 98.5 cm³/mol. The third kappa shape index (κ3) is 3.45. The normalized spacial score (nSPS) is 12.1. The molecule has 0 aliphatic rings. The summed E-state index contributed by atoms with van der Waals surface area (Å²) in [6.45, 7) is 5.69. The summed E-state index contributed by atoms with van der Waals surface area (Å²) < 4.78 is 1.23. The molecule has 3 aromatic rings. The van der Waals surface area contributed by atoms with E-state index in [0.29, 0.717) is 5.39 Å². The topological polar surface area (TPSA) is 64.0 Å². The Balaban J connectivity index is 1.82. The molecule has 1 amide bonds. The third-order valence-corrected chi connectivity index (χ3v) is 4.38. The van der Waals surface area contributed by atoms with Crippen LogP contribution in [0.5, 0.6) is 0 Å². The Labute approximate surface area is 146 Å². The van der Waals surface area contributed by atoms with E-state index in [9.17, 15) is 9.59 Å². The van der Waals surface area contributed by atoms with Crippen molar-refractivity contribution in [3.05, 3.63) is 75.7 Å². The van der Waals surface area contributed by atoms with Crippen molar-refractivity contribution >= 4 is 16.7 Å². The van der Waals surface area contributed by atoms with Crippen LogP contribution in [-0.4, -0.2) is 15.7 Å². The molecule has 1 N–H and O–H groups in total. The summed E-state index contributed by atoms with van der Waals surface area (Å²) in [5, 5.41) is 8.62. The lowest BCUT2D eigenvalue weighted by molar-refractivity contribution is -0.122. The fraction of sp³-hybridized carbons (Fsp3) is 0.250. The molecular weight excluding hydrogens is 314 g/mol. The Hall–Kier alpha value is -2.95. The molecular formula is C20H21N3O2. The second kappa shape index (κ2) is 6.89. The Morgan fingerprint density at radius 3 is 2.44 bits per heavy atom. The number of fused-ring (bicyclic) bond motifs is 1. The van der Waals surface area contributed by atoms with E-state index in [-0.39, 0.29) is 24.1 Å². The summed E-state index contributed by atoms with van der Waals surface area (Å²) in [6, 6.07) is 15.1. The summed E-state index contributed by atoms with van der Waals surface area (Å²) >= 11 is 0. The smallest absolute Gasteiger partial charge is 0.275 e. The van der Waals surface area contributed by atoms with E-state index in [1.165, 1.54) is 4.68 Å². The second-order valence-corrected chi connectivity index (χ2v) is 6.24. The molecule has 25 heavy (non-hydrogen) atoms. The number of amides is 1. The van der Waals surface area contributed by atoms with Crippen molar-refractivity contribution < 1.29 is 4.79 Å². The molecule has 0 bridgehead atoms. The Bertz CT molecular complexity index is 992. The number of benzene rings is 2. The third-order valence-electron chi connectivity index (χ3n) is 4.38. The maximum Gasteiger partial charge on any atom is 0.275 e.